The molecule has 2 amide bonds. The molecule has 0 unspecified atom stereocenters. The largest absolute Gasteiger partial charge is 0.356 e. The summed E-state index contributed by atoms with van der Waals surface area (Å²) < 4.78 is 0. The van der Waals surface area contributed by atoms with Crippen LogP contribution in [-0.4, -0.2) is 36.3 Å². The molecule has 0 saturated carbocycles. The number of halogens is 2. The molecule has 1 aromatic carbocycles. The molecule has 1 aliphatic heterocycles. The zero-order valence-corrected chi connectivity index (χ0v) is 13.9. The van der Waals surface area contributed by atoms with Crippen molar-refractivity contribution in [3.8, 4) is 0 Å². The molecule has 0 atom stereocenters. The van der Waals surface area contributed by atoms with Gasteiger partial charge in [-0.05, 0) is 37.0 Å². The lowest BCUT2D eigenvalue weighted by atomic mass is 10.1. The van der Waals surface area contributed by atoms with Crippen LogP contribution in [0, 0.1) is 0 Å². The van der Waals surface area contributed by atoms with Crippen molar-refractivity contribution >= 4 is 35.0 Å². The first kappa shape index (κ1) is 17.1. The van der Waals surface area contributed by atoms with Gasteiger partial charge in [-0.2, -0.15) is 0 Å². The maximum atomic E-state index is 11.8. The number of carbonyl (C=O) groups excluding carboxylic acids is 2. The van der Waals surface area contributed by atoms with Gasteiger partial charge in [-0.15, -0.1) is 0 Å². The van der Waals surface area contributed by atoms with E-state index in [2.05, 4.69) is 5.32 Å². The van der Waals surface area contributed by atoms with Gasteiger partial charge in [0, 0.05) is 42.5 Å². The average molecular weight is 343 g/mol. The Morgan fingerprint density at radius 3 is 2.82 bits per heavy atom. The Hall–Kier alpha value is -1.26. The van der Waals surface area contributed by atoms with E-state index in [4.69, 9.17) is 23.2 Å². The van der Waals surface area contributed by atoms with Crippen molar-refractivity contribution in [1.82, 2.24) is 10.2 Å². The van der Waals surface area contributed by atoms with Crippen molar-refractivity contribution in [2.75, 3.05) is 19.6 Å². The summed E-state index contributed by atoms with van der Waals surface area (Å²) in [6.07, 6.45) is 3.39. The monoisotopic (exact) mass is 342 g/mol. The number of nitrogens with one attached hydrogen (secondary N) is 1. The quantitative estimate of drug-likeness (QED) is 0.774. The lowest BCUT2D eigenvalue weighted by Crippen LogP contribution is -2.30. The molecule has 1 heterocycles. The first-order valence-corrected chi connectivity index (χ1v) is 8.30. The molecule has 0 radical (unpaired) electrons. The maximum Gasteiger partial charge on any atom is 0.222 e. The number of hydrogen-bond acceptors (Lipinski definition) is 2. The number of carbonyl (C=O) groups is 2. The summed E-state index contributed by atoms with van der Waals surface area (Å²) >= 11 is 11.9. The third-order valence-electron chi connectivity index (χ3n) is 3.73. The van der Waals surface area contributed by atoms with E-state index in [1.54, 1.807) is 12.1 Å². The van der Waals surface area contributed by atoms with Gasteiger partial charge in [-0.3, -0.25) is 9.59 Å². The van der Waals surface area contributed by atoms with Crippen molar-refractivity contribution in [3.63, 3.8) is 0 Å². The van der Waals surface area contributed by atoms with Gasteiger partial charge in [-0.25, -0.2) is 0 Å². The fraction of sp³-hybridized carbons (Fsp3) is 0.500. The van der Waals surface area contributed by atoms with Crippen molar-refractivity contribution in [2.24, 2.45) is 0 Å². The second-order valence-electron chi connectivity index (χ2n) is 5.42. The van der Waals surface area contributed by atoms with Crippen LogP contribution in [0.1, 0.15) is 31.2 Å². The number of nitrogens with zero attached hydrogens (tertiary/aromatic N) is 1. The molecule has 1 saturated heterocycles. The molecule has 4 nitrogen and oxygen atoms in total. The van der Waals surface area contributed by atoms with Crippen LogP contribution in [0.5, 0.6) is 0 Å². The summed E-state index contributed by atoms with van der Waals surface area (Å²) in [6, 6.07) is 5.30. The molecule has 1 fully saturated rings. The van der Waals surface area contributed by atoms with E-state index in [9.17, 15) is 9.59 Å². The predicted octanol–water partition coefficient (Wildman–Crippen LogP) is 3.05. The maximum absolute atomic E-state index is 11.8. The first-order valence-electron chi connectivity index (χ1n) is 7.54. The van der Waals surface area contributed by atoms with E-state index in [0.29, 0.717) is 35.9 Å². The standard InChI is InChI=1S/C16H20Cl2N2O2/c17-13-6-4-12(14(18)11-13)5-7-15(21)19-8-2-10-20-9-1-3-16(20)22/h4,6,11H,1-3,5,7-10H2,(H,19,21). The topological polar surface area (TPSA) is 49.4 Å². The highest BCUT2D eigenvalue weighted by molar-refractivity contribution is 6.35. The lowest BCUT2D eigenvalue weighted by molar-refractivity contribution is -0.127. The van der Waals surface area contributed by atoms with Crippen molar-refractivity contribution in [2.45, 2.75) is 32.1 Å². The van der Waals surface area contributed by atoms with Gasteiger partial charge in [0.25, 0.3) is 0 Å². The molecule has 0 spiro atoms. The molecule has 1 aromatic rings. The Bertz CT molecular complexity index is 549. The van der Waals surface area contributed by atoms with Crippen molar-refractivity contribution in [1.29, 1.82) is 0 Å². The summed E-state index contributed by atoms with van der Waals surface area (Å²) in [5, 5.41) is 4.06. The molecule has 0 aliphatic carbocycles. The van der Waals surface area contributed by atoms with Crippen LogP contribution in [0.3, 0.4) is 0 Å². The Morgan fingerprint density at radius 1 is 1.32 bits per heavy atom. The zero-order valence-electron chi connectivity index (χ0n) is 12.4. The molecule has 0 aromatic heterocycles. The van der Waals surface area contributed by atoms with Gasteiger partial charge in [-0.1, -0.05) is 29.3 Å². The average Bonchev–Trinajstić information content (AvgIpc) is 2.88. The highest BCUT2D eigenvalue weighted by Gasteiger charge is 2.18. The fourth-order valence-electron chi connectivity index (χ4n) is 2.50. The third kappa shape index (κ3) is 5.18. The number of amides is 2. The van der Waals surface area contributed by atoms with Gasteiger partial charge >= 0.3 is 0 Å². The predicted molar refractivity (Wildman–Crippen MR) is 88.2 cm³/mol. The van der Waals surface area contributed by atoms with Crippen molar-refractivity contribution < 1.29 is 9.59 Å². The Morgan fingerprint density at radius 2 is 2.14 bits per heavy atom. The molecular weight excluding hydrogens is 323 g/mol. The molecule has 1 aliphatic rings. The normalized spacial score (nSPS) is 14.5. The SMILES string of the molecule is O=C(CCc1ccc(Cl)cc1Cl)NCCCN1CCCC1=O. The van der Waals surface area contributed by atoms with Gasteiger partial charge in [0.05, 0.1) is 0 Å². The molecule has 6 heteroatoms. The summed E-state index contributed by atoms with van der Waals surface area (Å²) in [5.74, 6) is 0.225. The molecule has 22 heavy (non-hydrogen) atoms. The zero-order chi connectivity index (χ0) is 15.9. The van der Waals surface area contributed by atoms with Crippen LogP contribution in [-0.2, 0) is 16.0 Å². The Balaban J connectivity index is 1.62. The molecular formula is C16H20Cl2N2O2. The minimum Gasteiger partial charge on any atom is -0.356 e. The number of likely N-dealkylation sites (tertiary alicyclic amines) is 1. The second kappa shape index (κ2) is 8.39. The van der Waals surface area contributed by atoms with Gasteiger partial charge in [0.2, 0.25) is 11.8 Å². The van der Waals surface area contributed by atoms with Crippen molar-refractivity contribution in [3.05, 3.63) is 33.8 Å². The van der Waals surface area contributed by atoms with Crippen LogP contribution in [0.2, 0.25) is 10.0 Å². The molecule has 1 N–H and O–H groups in total. The summed E-state index contributed by atoms with van der Waals surface area (Å²) in [6.45, 7) is 2.17. The molecule has 0 bridgehead atoms. The van der Waals surface area contributed by atoms with Gasteiger partial charge < -0.3 is 10.2 Å². The Kier molecular flexibility index (Phi) is 6.52. The minimum atomic E-state index is -0.00114. The smallest absolute Gasteiger partial charge is 0.222 e. The van der Waals surface area contributed by atoms with E-state index in [0.717, 1.165) is 31.5 Å². The van der Waals surface area contributed by atoms with Crippen LogP contribution < -0.4 is 5.32 Å². The van der Waals surface area contributed by atoms with Crippen LogP contribution in [0.4, 0.5) is 0 Å². The van der Waals surface area contributed by atoms with Crippen LogP contribution in [0.15, 0.2) is 18.2 Å². The third-order valence-corrected chi connectivity index (χ3v) is 4.32. The highest BCUT2D eigenvalue weighted by Crippen LogP contribution is 2.21. The first-order chi connectivity index (χ1) is 10.6. The number of rotatable bonds is 7. The fourth-order valence-corrected chi connectivity index (χ4v) is 3.00. The van der Waals surface area contributed by atoms with Gasteiger partial charge in [0.15, 0.2) is 0 Å². The second-order valence-corrected chi connectivity index (χ2v) is 6.27. The molecule has 120 valence electrons. The van der Waals surface area contributed by atoms with Gasteiger partial charge in [0.1, 0.15) is 0 Å². The number of benzene rings is 1. The molecule has 2 rings (SSSR count). The van der Waals surface area contributed by atoms with E-state index < -0.39 is 0 Å². The summed E-state index contributed by atoms with van der Waals surface area (Å²) in [7, 11) is 0. The van der Waals surface area contributed by atoms with E-state index in [1.165, 1.54) is 0 Å². The summed E-state index contributed by atoms with van der Waals surface area (Å²) in [4.78, 5) is 25.1. The lowest BCUT2D eigenvalue weighted by Gasteiger charge is -2.15. The highest BCUT2D eigenvalue weighted by atomic mass is 35.5. The summed E-state index contributed by atoms with van der Waals surface area (Å²) in [5.41, 5.74) is 0.920. The minimum absolute atomic E-state index is 0.00114. The van der Waals surface area contributed by atoms with Crippen LogP contribution >= 0.6 is 23.2 Å². The number of hydrogen-bond donors (Lipinski definition) is 1. The van der Waals surface area contributed by atoms with Crippen LogP contribution in [0.25, 0.3) is 0 Å². The van der Waals surface area contributed by atoms with E-state index >= 15 is 0 Å². The van der Waals surface area contributed by atoms with E-state index in [1.807, 2.05) is 11.0 Å². The van der Waals surface area contributed by atoms with E-state index in [-0.39, 0.29) is 11.8 Å². The number of aryl methyl sites for hydroxylation is 1. The Labute approximate surface area is 140 Å².